The number of hydrogen-bond acceptors (Lipinski definition) is 4. The first-order chi connectivity index (χ1) is 8.31. The number of aliphatic hydroxyl groups is 1. The molecule has 104 valence electrons. The van der Waals surface area contributed by atoms with Crippen LogP contribution >= 0.6 is 0 Å². The first-order valence-corrected chi connectivity index (χ1v) is 6.29. The van der Waals surface area contributed by atoms with Crippen LogP contribution < -0.4 is 10.6 Å². The highest BCUT2D eigenvalue weighted by Crippen LogP contribution is 2.23. The summed E-state index contributed by atoms with van der Waals surface area (Å²) in [5.41, 5.74) is -1.98. The van der Waals surface area contributed by atoms with Gasteiger partial charge in [-0.25, -0.2) is 0 Å². The third-order valence-corrected chi connectivity index (χ3v) is 3.44. The van der Waals surface area contributed by atoms with Crippen LogP contribution in [0.3, 0.4) is 0 Å². The summed E-state index contributed by atoms with van der Waals surface area (Å²) in [6.07, 6.45) is 2.02. The van der Waals surface area contributed by atoms with Gasteiger partial charge in [-0.2, -0.15) is 0 Å². The molecule has 0 aliphatic carbocycles. The first kappa shape index (κ1) is 14.9. The van der Waals surface area contributed by atoms with E-state index in [9.17, 15) is 14.7 Å². The fourth-order valence-corrected chi connectivity index (χ4v) is 2.29. The lowest BCUT2D eigenvalue weighted by atomic mass is 9.92. The minimum atomic E-state index is -1.42. The number of carboxylic acid groups (broad SMARTS) is 1. The van der Waals surface area contributed by atoms with Crippen molar-refractivity contribution in [3.8, 4) is 0 Å². The molecule has 0 aromatic heterocycles. The van der Waals surface area contributed by atoms with Crippen LogP contribution in [0.1, 0.15) is 39.5 Å². The number of carbonyl (C=O) groups excluding carboxylic acids is 1. The Kier molecular flexibility index (Phi) is 4.70. The monoisotopic (exact) mass is 258 g/mol. The Bertz CT molecular complexity index is 322. The largest absolute Gasteiger partial charge is 0.481 e. The maximum atomic E-state index is 12.1. The van der Waals surface area contributed by atoms with Gasteiger partial charge in [-0.15, -0.1) is 0 Å². The van der Waals surface area contributed by atoms with E-state index in [2.05, 4.69) is 10.6 Å². The van der Waals surface area contributed by atoms with E-state index >= 15 is 0 Å². The van der Waals surface area contributed by atoms with Gasteiger partial charge in [0, 0.05) is 6.54 Å². The van der Waals surface area contributed by atoms with E-state index in [0.717, 1.165) is 19.4 Å². The summed E-state index contributed by atoms with van der Waals surface area (Å²) in [7, 11) is 0. The summed E-state index contributed by atoms with van der Waals surface area (Å²) in [6, 6.07) is 0. The second-order valence-electron chi connectivity index (χ2n) is 5.22. The summed E-state index contributed by atoms with van der Waals surface area (Å²) in [4.78, 5) is 22.6. The van der Waals surface area contributed by atoms with Gasteiger partial charge in [0.1, 0.15) is 0 Å². The Morgan fingerprint density at radius 1 is 1.50 bits per heavy atom. The average molecular weight is 258 g/mol. The highest BCUT2D eigenvalue weighted by molar-refractivity contribution is 5.86. The highest BCUT2D eigenvalue weighted by Gasteiger charge is 2.39. The van der Waals surface area contributed by atoms with Crippen molar-refractivity contribution in [1.82, 2.24) is 10.6 Å². The SMILES string of the molecule is CCC1(C(=O)NCC(C)(O)CC(=O)O)CCCN1. The average Bonchev–Trinajstić information content (AvgIpc) is 2.74. The lowest BCUT2D eigenvalue weighted by Gasteiger charge is -2.29. The van der Waals surface area contributed by atoms with Crippen LogP contribution in [0.25, 0.3) is 0 Å². The van der Waals surface area contributed by atoms with E-state index in [0.29, 0.717) is 6.42 Å². The number of amides is 1. The van der Waals surface area contributed by atoms with Crippen LogP contribution in [-0.2, 0) is 9.59 Å². The van der Waals surface area contributed by atoms with Gasteiger partial charge in [0.15, 0.2) is 0 Å². The van der Waals surface area contributed by atoms with Crippen molar-refractivity contribution in [3.63, 3.8) is 0 Å². The van der Waals surface area contributed by atoms with E-state index in [1.165, 1.54) is 6.92 Å². The zero-order valence-corrected chi connectivity index (χ0v) is 11.0. The van der Waals surface area contributed by atoms with Crippen LogP contribution in [0.2, 0.25) is 0 Å². The molecule has 1 aliphatic heterocycles. The normalized spacial score (nSPS) is 26.6. The molecule has 0 aromatic carbocycles. The predicted molar refractivity (Wildman–Crippen MR) is 66.1 cm³/mol. The van der Waals surface area contributed by atoms with Crippen molar-refractivity contribution in [2.24, 2.45) is 0 Å². The number of hydrogen-bond donors (Lipinski definition) is 4. The van der Waals surface area contributed by atoms with Gasteiger partial charge < -0.3 is 20.8 Å². The summed E-state index contributed by atoms with van der Waals surface area (Å²) in [5.74, 6) is -1.24. The Labute approximate surface area is 107 Å². The van der Waals surface area contributed by atoms with Crippen molar-refractivity contribution in [1.29, 1.82) is 0 Å². The predicted octanol–water partition coefficient (Wildman–Crippen LogP) is -0.139. The quantitative estimate of drug-likeness (QED) is 0.531. The summed E-state index contributed by atoms with van der Waals surface area (Å²) in [6.45, 7) is 4.10. The molecular weight excluding hydrogens is 236 g/mol. The third kappa shape index (κ3) is 3.68. The molecule has 1 amide bonds. The first-order valence-electron chi connectivity index (χ1n) is 6.29. The molecule has 6 heteroatoms. The molecule has 0 bridgehead atoms. The summed E-state index contributed by atoms with van der Waals surface area (Å²) >= 11 is 0. The zero-order valence-electron chi connectivity index (χ0n) is 11.0. The minimum absolute atomic E-state index is 0.0540. The molecule has 0 aromatic rings. The highest BCUT2D eigenvalue weighted by atomic mass is 16.4. The van der Waals surface area contributed by atoms with E-state index in [-0.39, 0.29) is 18.9 Å². The number of rotatable bonds is 6. The molecule has 0 saturated carbocycles. The lowest BCUT2D eigenvalue weighted by molar-refractivity contribution is -0.142. The summed E-state index contributed by atoms with van der Waals surface area (Å²) in [5, 5.41) is 24.3. The molecule has 1 saturated heterocycles. The number of carboxylic acids is 1. The molecule has 1 aliphatic rings. The number of carbonyl (C=O) groups is 2. The van der Waals surface area contributed by atoms with Crippen molar-refractivity contribution in [2.45, 2.75) is 50.7 Å². The summed E-state index contributed by atoms with van der Waals surface area (Å²) < 4.78 is 0. The molecule has 0 radical (unpaired) electrons. The van der Waals surface area contributed by atoms with Gasteiger partial charge in [-0.3, -0.25) is 9.59 Å². The second-order valence-corrected chi connectivity index (χ2v) is 5.22. The van der Waals surface area contributed by atoms with E-state index < -0.39 is 17.1 Å². The molecule has 18 heavy (non-hydrogen) atoms. The Hall–Kier alpha value is -1.14. The zero-order chi connectivity index (χ0) is 13.8. The van der Waals surface area contributed by atoms with Gasteiger partial charge in [0.25, 0.3) is 0 Å². The Morgan fingerprint density at radius 3 is 2.61 bits per heavy atom. The molecule has 1 rings (SSSR count). The van der Waals surface area contributed by atoms with Crippen molar-refractivity contribution < 1.29 is 19.8 Å². The van der Waals surface area contributed by atoms with Crippen molar-refractivity contribution in [2.75, 3.05) is 13.1 Å². The van der Waals surface area contributed by atoms with Gasteiger partial charge in [-0.1, -0.05) is 6.92 Å². The number of aliphatic carboxylic acids is 1. The fourth-order valence-electron chi connectivity index (χ4n) is 2.29. The van der Waals surface area contributed by atoms with Gasteiger partial charge in [0.05, 0.1) is 17.6 Å². The number of nitrogens with one attached hydrogen (secondary N) is 2. The molecule has 4 N–H and O–H groups in total. The Morgan fingerprint density at radius 2 is 2.17 bits per heavy atom. The molecular formula is C12H22N2O4. The molecule has 1 fully saturated rings. The molecule has 2 atom stereocenters. The second kappa shape index (κ2) is 5.67. The van der Waals surface area contributed by atoms with Crippen LogP contribution in [0.5, 0.6) is 0 Å². The van der Waals surface area contributed by atoms with Gasteiger partial charge >= 0.3 is 5.97 Å². The molecule has 2 unspecified atom stereocenters. The van der Waals surface area contributed by atoms with Crippen molar-refractivity contribution >= 4 is 11.9 Å². The van der Waals surface area contributed by atoms with Crippen LogP contribution in [0.15, 0.2) is 0 Å². The van der Waals surface area contributed by atoms with Crippen LogP contribution in [-0.4, -0.2) is 46.3 Å². The van der Waals surface area contributed by atoms with Crippen LogP contribution in [0, 0.1) is 0 Å². The maximum absolute atomic E-state index is 12.1. The van der Waals surface area contributed by atoms with E-state index in [4.69, 9.17) is 5.11 Å². The van der Waals surface area contributed by atoms with Crippen molar-refractivity contribution in [3.05, 3.63) is 0 Å². The van der Waals surface area contributed by atoms with E-state index in [1.54, 1.807) is 0 Å². The molecule has 6 nitrogen and oxygen atoms in total. The lowest BCUT2D eigenvalue weighted by Crippen LogP contribution is -2.55. The maximum Gasteiger partial charge on any atom is 0.306 e. The third-order valence-electron chi connectivity index (χ3n) is 3.44. The minimum Gasteiger partial charge on any atom is -0.481 e. The van der Waals surface area contributed by atoms with Gasteiger partial charge in [-0.05, 0) is 32.7 Å². The standard InChI is InChI=1S/C12H22N2O4/c1-3-12(5-4-6-14-12)10(17)13-8-11(2,18)7-9(15)16/h14,18H,3-8H2,1-2H3,(H,13,17)(H,15,16). The Balaban J connectivity index is 2.52. The topological polar surface area (TPSA) is 98.7 Å². The molecule has 0 spiro atoms. The fraction of sp³-hybridized carbons (Fsp3) is 0.833. The smallest absolute Gasteiger partial charge is 0.306 e. The molecule has 1 heterocycles. The van der Waals surface area contributed by atoms with Gasteiger partial charge in [0.2, 0.25) is 5.91 Å². The van der Waals surface area contributed by atoms with Crippen LogP contribution in [0.4, 0.5) is 0 Å². The van der Waals surface area contributed by atoms with E-state index in [1.807, 2.05) is 6.92 Å².